The second-order valence-electron chi connectivity index (χ2n) is 6.36. The van der Waals surface area contributed by atoms with Crippen LogP contribution in [-0.2, 0) is 11.0 Å². The summed E-state index contributed by atoms with van der Waals surface area (Å²) in [6, 6.07) is 12.3. The zero-order valence-corrected chi connectivity index (χ0v) is 16.7. The van der Waals surface area contributed by atoms with Gasteiger partial charge in [-0.25, -0.2) is 8.93 Å². The first-order valence-corrected chi connectivity index (χ1v) is 9.75. The third kappa shape index (κ3) is 4.31. The predicted molar refractivity (Wildman–Crippen MR) is 102 cm³/mol. The number of rotatable bonds is 5. The van der Waals surface area contributed by atoms with Gasteiger partial charge in [-0.2, -0.15) is 0 Å². The SMILES string of the molecule is Cc1cc(C)c(S(=O)N[C@@H](c2ccccc2Br)C(C)C)c(C)c1. The van der Waals surface area contributed by atoms with Crippen molar-refractivity contribution in [3.05, 3.63) is 63.1 Å². The molecule has 0 heterocycles. The molecule has 0 saturated carbocycles. The molecule has 0 radical (unpaired) electrons. The molecule has 0 aliphatic heterocycles. The van der Waals surface area contributed by atoms with Crippen LogP contribution in [0, 0.1) is 26.7 Å². The van der Waals surface area contributed by atoms with Gasteiger partial charge < -0.3 is 0 Å². The van der Waals surface area contributed by atoms with Crippen LogP contribution >= 0.6 is 15.9 Å². The molecule has 0 spiro atoms. The Balaban J connectivity index is 2.35. The molecule has 0 amide bonds. The minimum absolute atomic E-state index is 0.0199. The Labute approximate surface area is 150 Å². The van der Waals surface area contributed by atoms with Crippen LogP contribution < -0.4 is 4.72 Å². The normalized spacial score (nSPS) is 14.0. The van der Waals surface area contributed by atoms with Crippen molar-refractivity contribution in [2.45, 2.75) is 45.6 Å². The van der Waals surface area contributed by atoms with E-state index < -0.39 is 11.0 Å². The number of hydrogen-bond acceptors (Lipinski definition) is 1. The number of aryl methyl sites for hydroxylation is 3. The van der Waals surface area contributed by atoms with Crippen LogP contribution in [0.5, 0.6) is 0 Å². The van der Waals surface area contributed by atoms with E-state index in [-0.39, 0.29) is 6.04 Å². The van der Waals surface area contributed by atoms with Gasteiger partial charge in [0.15, 0.2) is 0 Å². The number of benzene rings is 2. The van der Waals surface area contributed by atoms with Crippen LogP contribution in [0.1, 0.15) is 42.1 Å². The smallest absolute Gasteiger partial charge is 0.126 e. The van der Waals surface area contributed by atoms with Crippen molar-refractivity contribution in [3.8, 4) is 0 Å². The Morgan fingerprint density at radius 3 is 2.13 bits per heavy atom. The fourth-order valence-corrected chi connectivity index (χ4v) is 4.90. The summed E-state index contributed by atoms with van der Waals surface area (Å²) in [4.78, 5) is 0.897. The van der Waals surface area contributed by atoms with E-state index in [1.165, 1.54) is 5.56 Å². The van der Waals surface area contributed by atoms with Gasteiger partial charge >= 0.3 is 0 Å². The topological polar surface area (TPSA) is 29.1 Å². The lowest BCUT2D eigenvalue weighted by Gasteiger charge is -2.24. The molecule has 0 aliphatic carbocycles. The van der Waals surface area contributed by atoms with Gasteiger partial charge in [0.25, 0.3) is 0 Å². The molecule has 124 valence electrons. The van der Waals surface area contributed by atoms with E-state index in [0.717, 1.165) is 26.1 Å². The van der Waals surface area contributed by atoms with Crippen LogP contribution in [0.25, 0.3) is 0 Å². The molecule has 2 rings (SSSR count). The van der Waals surface area contributed by atoms with E-state index in [1.807, 2.05) is 32.0 Å². The van der Waals surface area contributed by atoms with Gasteiger partial charge in [-0.15, -0.1) is 0 Å². The van der Waals surface area contributed by atoms with E-state index in [4.69, 9.17) is 0 Å². The summed E-state index contributed by atoms with van der Waals surface area (Å²) in [5.41, 5.74) is 4.48. The summed E-state index contributed by atoms with van der Waals surface area (Å²) < 4.78 is 17.4. The van der Waals surface area contributed by atoms with Gasteiger partial charge in [0.1, 0.15) is 11.0 Å². The minimum Gasteiger partial charge on any atom is -0.237 e. The maximum Gasteiger partial charge on any atom is 0.126 e. The van der Waals surface area contributed by atoms with Gasteiger partial charge in [-0.3, -0.25) is 0 Å². The first-order valence-electron chi connectivity index (χ1n) is 7.81. The predicted octanol–water partition coefficient (Wildman–Crippen LogP) is 5.38. The minimum atomic E-state index is -1.25. The maximum atomic E-state index is 13.0. The number of halogens is 1. The number of nitrogens with one attached hydrogen (secondary N) is 1. The molecule has 2 aromatic rings. The standard InChI is InChI=1S/C19H24BrNOS/c1-12(2)18(16-8-6-7-9-17(16)20)21-23(22)19-14(4)10-13(3)11-15(19)5/h6-12,18,21H,1-5H3/t18-,23?/m1/s1. The van der Waals surface area contributed by atoms with Crippen LogP contribution in [0.4, 0.5) is 0 Å². The maximum absolute atomic E-state index is 13.0. The lowest BCUT2D eigenvalue weighted by molar-refractivity contribution is 0.476. The van der Waals surface area contributed by atoms with Crippen molar-refractivity contribution in [3.63, 3.8) is 0 Å². The molecular formula is C19H24BrNOS. The average Bonchev–Trinajstić information content (AvgIpc) is 2.44. The van der Waals surface area contributed by atoms with Crippen LogP contribution in [0.2, 0.25) is 0 Å². The summed E-state index contributed by atoms with van der Waals surface area (Å²) in [5, 5.41) is 0. The van der Waals surface area contributed by atoms with Crippen LogP contribution in [-0.4, -0.2) is 4.21 Å². The van der Waals surface area contributed by atoms with E-state index in [0.29, 0.717) is 5.92 Å². The Bertz CT molecular complexity index is 704. The second-order valence-corrected chi connectivity index (χ2v) is 8.39. The first kappa shape index (κ1) is 18.4. The summed E-state index contributed by atoms with van der Waals surface area (Å²) in [5.74, 6) is 0.323. The highest BCUT2D eigenvalue weighted by molar-refractivity contribution is 9.10. The van der Waals surface area contributed by atoms with Crippen LogP contribution in [0.3, 0.4) is 0 Å². The molecule has 2 aromatic carbocycles. The molecule has 2 nitrogen and oxygen atoms in total. The van der Waals surface area contributed by atoms with Gasteiger partial charge in [-0.1, -0.05) is 65.7 Å². The Kier molecular flexibility index (Phi) is 6.18. The fourth-order valence-electron chi connectivity index (χ4n) is 2.92. The van der Waals surface area contributed by atoms with Crippen molar-refractivity contribution in [1.29, 1.82) is 0 Å². The largest absolute Gasteiger partial charge is 0.237 e. The quantitative estimate of drug-likeness (QED) is 0.725. The van der Waals surface area contributed by atoms with Crippen molar-refractivity contribution in [1.82, 2.24) is 4.72 Å². The molecule has 4 heteroatoms. The second kappa shape index (κ2) is 7.73. The summed E-state index contributed by atoms with van der Waals surface area (Å²) in [6.45, 7) is 10.4. The molecule has 2 atom stereocenters. The molecule has 0 fully saturated rings. The fraction of sp³-hybridized carbons (Fsp3) is 0.368. The zero-order valence-electron chi connectivity index (χ0n) is 14.3. The molecule has 0 aromatic heterocycles. The van der Waals surface area contributed by atoms with Crippen molar-refractivity contribution < 1.29 is 4.21 Å². The summed E-state index contributed by atoms with van der Waals surface area (Å²) >= 11 is 3.61. The Morgan fingerprint density at radius 2 is 1.61 bits per heavy atom. The monoisotopic (exact) mass is 393 g/mol. The zero-order chi connectivity index (χ0) is 17.1. The van der Waals surface area contributed by atoms with Gasteiger partial charge in [0.05, 0.1) is 4.90 Å². The van der Waals surface area contributed by atoms with Crippen molar-refractivity contribution in [2.75, 3.05) is 0 Å². The Hall–Kier alpha value is -0.970. The van der Waals surface area contributed by atoms with Gasteiger partial charge in [0, 0.05) is 10.5 Å². The summed E-state index contributed by atoms with van der Waals surface area (Å²) in [7, 11) is -1.25. The highest BCUT2D eigenvalue weighted by Crippen LogP contribution is 2.30. The molecule has 0 aliphatic rings. The van der Waals surface area contributed by atoms with E-state index >= 15 is 0 Å². The average molecular weight is 394 g/mol. The summed E-state index contributed by atoms with van der Waals surface area (Å²) in [6.07, 6.45) is 0. The Morgan fingerprint density at radius 1 is 1.04 bits per heavy atom. The molecule has 0 saturated heterocycles. The van der Waals surface area contributed by atoms with Gasteiger partial charge in [-0.05, 0) is 49.4 Å². The molecule has 1 N–H and O–H groups in total. The molecule has 0 bridgehead atoms. The number of hydrogen-bond donors (Lipinski definition) is 1. The van der Waals surface area contributed by atoms with Crippen molar-refractivity contribution in [2.24, 2.45) is 5.92 Å². The van der Waals surface area contributed by atoms with Crippen LogP contribution in [0.15, 0.2) is 45.8 Å². The van der Waals surface area contributed by atoms with E-state index in [1.54, 1.807) is 0 Å². The third-order valence-corrected chi connectivity index (χ3v) is 6.14. The third-order valence-electron chi connectivity index (χ3n) is 3.93. The lowest BCUT2D eigenvalue weighted by Crippen LogP contribution is -2.28. The lowest BCUT2D eigenvalue weighted by atomic mass is 9.97. The van der Waals surface area contributed by atoms with E-state index in [9.17, 15) is 4.21 Å². The molecular weight excluding hydrogens is 370 g/mol. The van der Waals surface area contributed by atoms with Gasteiger partial charge in [0.2, 0.25) is 0 Å². The van der Waals surface area contributed by atoms with E-state index in [2.05, 4.69) is 59.6 Å². The highest BCUT2D eigenvalue weighted by Gasteiger charge is 2.22. The first-order chi connectivity index (χ1) is 10.8. The molecule has 1 unspecified atom stereocenters. The molecule has 23 heavy (non-hydrogen) atoms. The van der Waals surface area contributed by atoms with Crippen molar-refractivity contribution >= 4 is 26.9 Å². The highest BCUT2D eigenvalue weighted by atomic mass is 79.9.